The van der Waals surface area contributed by atoms with Crippen molar-refractivity contribution in [2.75, 3.05) is 7.11 Å². The topological polar surface area (TPSA) is 78.7 Å². The maximum atomic E-state index is 11.2. The number of hydrogen-bond donors (Lipinski definition) is 0. The van der Waals surface area contributed by atoms with E-state index < -0.39 is 17.1 Å². The summed E-state index contributed by atoms with van der Waals surface area (Å²) in [5, 5.41) is 11.2. The van der Waals surface area contributed by atoms with Crippen molar-refractivity contribution in [2.24, 2.45) is 0 Å². The third kappa shape index (κ3) is 2.72. The average molecular weight is 351 g/mol. The van der Waals surface area contributed by atoms with Gasteiger partial charge in [-0.25, -0.2) is 0 Å². The Morgan fingerprint density at radius 3 is 2.74 bits per heavy atom. The van der Waals surface area contributed by atoms with Gasteiger partial charge in [0.2, 0.25) is 5.75 Å². The van der Waals surface area contributed by atoms with Gasteiger partial charge in [-0.2, -0.15) is 0 Å². The van der Waals surface area contributed by atoms with Gasteiger partial charge >= 0.3 is 5.69 Å². The summed E-state index contributed by atoms with van der Waals surface area (Å²) in [5.41, 5.74) is -0.256. The van der Waals surface area contributed by atoms with Crippen molar-refractivity contribution in [3.8, 4) is 5.75 Å². The van der Waals surface area contributed by atoms with Crippen molar-refractivity contribution in [2.45, 2.75) is 18.6 Å². The number of methoxy groups -OCH3 is 1. The zero-order valence-electron chi connectivity index (χ0n) is 9.76. The Balaban J connectivity index is 2.30. The van der Waals surface area contributed by atoms with E-state index in [9.17, 15) is 14.9 Å². The molecule has 0 spiro atoms. The number of nitrogens with zero attached hydrogens (tertiary/aromatic N) is 1. The van der Waals surface area contributed by atoms with Gasteiger partial charge in [-0.1, -0.05) is 11.6 Å². The molecule has 0 aromatic heterocycles. The second-order valence-corrected chi connectivity index (χ2v) is 5.27. The van der Waals surface area contributed by atoms with Crippen molar-refractivity contribution in [1.29, 1.82) is 0 Å². The number of nitro benzene ring substituents is 1. The molecular formula is C11H9BrClNO5. The second-order valence-electron chi connectivity index (χ2n) is 3.98. The molecule has 1 aliphatic rings. The zero-order valence-corrected chi connectivity index (χ0v) is 12.1. The van der Waals surface area contributed by atoms with Crippen LogP contribution >= 0.6 is 27.5 Å². The lowest BCUT2D eigenvalue weighted by Gasteiger charge is -2.33. The number of carbonyl (C=O) groups is 1. The number of halogens is 2. The van der Waals surface area contributed by atoms with Crippen LogP contribution in [0.3, 0.4) is 0 Å². The number of nitro groups is 1. The number of carbonyl (C=O) groups excluding carboxylic acids is 1. The number of ether oxygens (including phenoxy) is 2. The molecule has 0 aliphatic heterocycles. The van der Waals surface area contributed by atoms with Crippen molar-refractivity contribution < 1.29 is 19.2 Å². The lowest BCUT2D eigenvalue weighted by molar-refractivity contribution is -0.386. The molecule has 19 heavy (non-hydrogen) atoms. The molecule has 1 aliphatic carbocycles. The molecule has 0 bridgehead atoms. The normalized spacial score (nSPS) is 21.9. The Morgan fingerprint density at radius 2 is 2.21 bits per heavy atom. The molecule has 0 amide bonds. The SMILES string of the molecule is COC1C(=O)CC1Oc1c(Br)cc(Cl)cc1[N+](=O)[O-]. The molecule has 0 N–H and O–H groups in total. The molecule has 1 saturated carbocycles. The van der Waals surface area contributed by atoms with Crippen LogP contribution < -0.4 is 4.74 Å². The first kappa shape index (κ1) is 14.2. The summed E-state index contributed by atoms with van der Waals surface area (Å²) in [5.74, 6) is -0.0332. The highest BCUT2D eigenvalue weighted by Crippen LogP contribution is 2.40. The van der Waals surface area contributed by atoms with Gasteiger partial charge in [0.25, 0.3) is 0 Å². The molecule has 6 nitrogen and oxygen atoms in total. The minimum absolute atomic E-state index is 0.0500. The minimum atomic E-state index is -0.679. The summed E-state index contributed by atoms with van der Waals surface area (Å²) in [4.78, 5) is 21.6. The van der Waals surface area contributed by atoms with E-state index in [-0.39, 0.29) is 28.7 Å². The van der Waals surface area contributed by atoms with Crippen LogP contribution in [0, 0.1) is 10.1 Å². The van der Waals surface area contributed by atoms with Crippen LogP contribution in [-0.4, -0.2) is 30.0 Å². The molecule has 1 aromatic rings. The summed E-state index contributed by atoms with van der Waals surface area (Å²) in [7, 11) is 1.39. The Kier molecular flexibility index (Phi) is 4.07. The molecule has 0 heterocycles. The number of rotatable bonds is 4. The van der Waals surface area contributed by atoms with Crippen molar-refractivity contribution in [1.82, 2.24) is 0 Å². The lowest BCUT2D eigenvalue weighted by Crippen LogP contribution is -2.51. The fourth-order valence-corrected chi connectivity index (χ4v) is 2.69. The van der Waals surface area contributed by atoms with E-state index in [1.807, 2.05) is 0 Å². The molecule has 2 atom stereocenters. The van der Waals surface area contributed by atoms with Crippen LogP contribution in [0.25, 0.3) is 0 Å². The number of ketones is 1. The highest BCUT2D eigenvalue weighted by atomic mass is 79.9. The van der Waals surface area contributed by atoms with Crippen LogP contribution in [0.5, 0.6) is 5.75 Å². The number of benzene rings is 1. The van der Waals surface area contributed by atoms with Gasteiger partial charge in [-0.15, -0.1) is 0 Å². The third-order valence-electron chi connectivity index (χ3n) is 2.77. The van der Waals surface area contributed by atoms with Gasteiger partial charge in [-0.05, 0) is 22.0 Å². The van der Waals surface area contributed by atoms with Gasteiger partial charge in [0.15, 0.2) is 11.9 Å². The van der Waals surface area contributed by atoms with E-state index >= 15 is 0 Å². The van der Waals surface area contributed by atoms with E-state index in [2.05, 4.69) is 15.9 Å². The monoisotopic (exact) mass is 349 g/mol. The molecule has 2 unspecified atom stereocenters. The summed E-state index contributed by atoms with van der Waals surface area (Å²) in [6.45, 7) is 0. The Morgan fingerprint density at radius 1 is 1.53 bits per heavy atom. The van der Waals surface area contributed by atoms with E-state index in [4.69, 9.17) is 21.1 Å². The first-order valence-electron chi connectivity index (χ1n) is 5.29. The maximum absolute atomic E-state index is 11.2. The standard InChI is InChI=1S/C11H9BrClNO5/c1-18-11-8(15)4-9(11)19-10-6(12)2-5(13)3-7(10)14(16)17/h2-3,9,11H,4H2,1H3. The highest BCUT2D eigenvalue weighted by molar-refractivity contribution is 9.10. The summed E-state index contributed by atoms with van der Waals surface area (Å²) >= 11 is 8.93. The second kappa shape index (κ2) is 5.44. The van der Waals surface area contributed by atoms with E-state index in [1.54, 1.807) is 0 Å². The maximum Gasteiger partial charge on any atom is 0.313 e. The quantitative estimate of drug-likeness (QED) is 0.616. The molecule has 1 aromatic carbocycles. The van der Waals surface area contributed by atoms with E-state index in [0.29, 0.717) is 4.47 Å². The molecule has 102 valence electrons. The van der Waals surface area contributed by atoms with Crippen molar-refractivity contribution in [3.05, 3.63) is 31.7 Å². The van der Waals surface area contributed by atoms with Crippen LogP contribution in [0.4, 0.5) is 5.69 Å². The van der Waals surface area contributed by atoms with Crippen LogP contribution in [0.1, 0.15) is 6.42 Å². The minimum Gasteiger partial charge on any atom is -0.479 e. The summed E-state index contributed by atoms with van der Waals surface area (Å²) in [6, 6.07) is 2.69. The third-order valence-corrected chi connectivity index (χ3v) is 3.57. The molecular weight excluding hydrogens is 341 g/mol. The fourth-order valence-electron chi connectivity index (χ4n) is 1.81. The average Bonchev–Trinajstić information content (AvgIpc) is 2.30. The molecule has 2 rings (SSSR count). The Hall–Kier alpha value is -1.18. The largest absolute Gasteiger partial charge is 0.479 e. The molecule has 0 saturated heterocycles. The van der Waals surface area contributed by atoms with Gasteiger partial charge in [0.1, 0.15) is 6.10 Å². The van der Waals surface area contributed by atoms with Crippen LogP contribution in [0.2, 0.25) is 5.02 Å². The van der Waals surface area contributed by atoms with Crippen molar-refractivity contribution >= 4 is 39.0 Å². The van der Waals surface area contributed by atoms with Crippen LogP contribution in [-0.2, 0) is 9.53 Å². The first-order valence-corrected chi connectivity index (χ1v) is 6.46. The molecule has 1 fully saturated rings. The number of hydrogen-bond acceptors (Lipinski definition) is 5. The van der Waals surface area contributed by atoms with E-state index in [0.717, 1.165) is 0 Å². The van der Waals surface area contributed by atoms with E-state index in [1.165, 1.54) is 19.2 Å². The Labute approximate surface area is 121 Å². The van der Waals surface area contributed by atoms with Crippen LogP contribution in [0.15, 0.2) is 16.6 Å². The van der Waals surface area contributed by atoms with Crippen molar-refractivity contribution in [3.63, 3.8) is 0 Å². The summed E-state index contributed by atoms with van der Waals surface area (Å²) < 4.78 is 10.8. The number of Topliss-reactive ketones (excluding diaryl/α,β-unsaturated/α-hetero) is 1. The highest BCUT2D eigenvalue weighted by Gasteiger charge is 2.43. The van der Waals surface area contributed by atoms with Gasteiger partial charge < -0.3 is 9.47 Å². The van der Waals surface area contributed by atoms with Gasteiger partial charge in [-0.3, -0.25) is 14.9 Å². The molecule has 8 heteroatoms. The zero-order chi connectivity index (χ0) is 14.2. The summed E-state index contributed by atoms with van der Waals surface area (Å²) in [6.07, 6.45) is -1.03. The fraction of sp³-hybridized carbons (Fsp3) is 0.364. The Bertz CT molecular complexity index is 550. The first-order chi connectivity index (χ1) is 8.93. The van der Waals surface area contributed by atoms with Gasteiger partial charge in [0.05, 0.1) is 9.40 Å². The van der Waals surface area contributed by atoms with Gasteiger partial charge in [0, 0.05) is 24.6 Å². The predicted molar refractivity (Wildman–Crippen MR) is 70.6 cm³/mol. The lowest BCUT2D eigenvalue weighted by atomic mass is 9.90. The molecule has 0 radical (unpaired) electrons. The smallest absolute Gasteiger partial charge is 0.313 e. The predicted octanol–water partition coefficient (Wildman–Crippen LogP) is 2.75.